The number of benzene rings is 2. The van der Waals surface area contributed by atoms with Crippen molar-refractivity contribution in [1.29, 1.82) is 0 Å². The molecule has 2 aliphatic rings. The average Bonchev–Trinajstić information content (AvgIpc) is 2.69. The van der Waals surface area contributed by atoms with Crippen LogP contribution in [0, 0.1) is 10.8 Å². The van der Waals surface area contributed by atoms with Crippen LogP contribution in [0.5, 0.6) is 0 Å². The molecule has 0 nitrogen and oxygen atoms in total. The van der Waals surface area contributed by atoms with E-state index in [0.717, 1.165) is 0 Å². The first-order valence-electron chi connectivity index (χ1n) is 7.71. The van der Waals surface area contributed by atoms with Crippen LogP contribution in [0.1, 0.15) is 45.2 Å². The van der Waals surface area contributed by atoms with Crippen LogP contribution in [0.15, 0.2) is 46.9 Å². The second-order valence-corrected chi connectivity index (χ2v) is 8.85. The Balaban J connectivity index is 2.16. The Kier molecular flexibility index (Phi) is 2.46. The van der Waals surface area contributed by atoms with Crippen molar-refractivity contribution in [3.63, 3.8) is 0 Å². The Hall–Kier alpha value is -1.08. The maximum Gasteiger partial charge on any atom is 0.0317 e. The van der Waals surface area contributed by atoms with Crippen LogP contribution in [0.25, 0.3) is 11.1 Å². The van der Waals surface area contributed by atoms with Crippen molar-refractivity contribution in [1.82, 2.24) is 0 Å². The molecule has 0 atom stereocenters. The average molecular weight is 341 g/mol. The normalized spacial score (nSPS) is 22.5. The van der Waals surface area contributed by atoms with Crippen LogP contribution < -0.4 is 0 Å². The molecule has 0 N–H and O–H groups in total. The molecule has 1 saturated carbocycles. The van der Waals surface area contributed by atoms with Crippen LogP contribution in [0.2, 0.25) is 0 Å². The summed E-state index contributed by atoms with van der Waals surface area (Å²) >= 11 is 3.69. The van der Waals surface area contributed by atoms with Crippen molar-refractivity contribution >= 4 is 15.9 Å². The first kappa shape index (κ1) is 13.6. The first-order chi connectivity index (χ1) is 9.81. The Morgan fingerprint density at radius 3 is 2.10 bits per heavy atom. The molecule has 0 aliphatic heterocycles. The Labute approximate surface area is 135 Å². The van der Waals surface area contributed by atoms with Crippen molar-refractivity contribution < 1.29 is 0 Å². The summed E-state index contributed by atoms with van der Waals surface area (Å²) in [5.41, 5.74) is 6.61. The van der Waals surface area contributed by atoms with Gasteiger partial charge in [0.2, 0.25) is 0 Å². The van der Waals surface area contributed by atoms with Gasteiger partial charge in [0.25, 0.3) is 0 Å². The summed E-state index contributed by atoms with van der Waals surface area (Å²) in [6.45, 7) is 9.74. The predicted molar refractivity (Wildman–Crippen MR) is 92.5 cm³/mol. The van der Waals surface area contributed by atoms with Crippen LogP contribution in [-0.4, -0.2) is 0 Å². The molecule has 1 spiro atoms. The fourth-order valence-corrected chi connectivity index (χ4v) is 6.25. The fourth-order valence-electron chi connectivity index (χ4n) is 5.89. The van der Waals surface area contributed by atoms with E-state index in [-0.39, 0.29) is 5.41 Å². The van der Waals surface area contributed by atoms with E-state index in [0.29, 0.717) is 10.8 Å². The van der Waals surface area contributed by atoms with Gasteiger partial charge in [0.05, 0.1) is 0 Å². The van der Waals surface area contributed by atoms with Gasteiger partial charge in [-0.15, -0.1) is 0 Å². The third-order valence-corrected chi connectivity index (χ3v) is 6.41. The molecule has 0 bridgehead atoms. The van der Waals surface area contributed by atoms with Gasteiger partial charge in [-0.25, -0.2) is 0 Å². The van der Waals surface area contributed by atoms with Crippen LogP contribution in [-0.2, 0) is 5.41 Å². The number of hydrogen-bond donors (Lipinski definition) is 0. The summed E-state index contributed by atoms with van der Waals surface area (Å²) < 4.78 is 1.19. The van der Waals surface area contributed by atoms with E-state index < -0.39 is 0 Å². The highest BCUT2D eigenvalue weighted by molar-refractivity contribution is 9.10. The minimum atomic E-state index is 0.135. The summed E-state index contributed by atoms with van der Waals surface area (Å²) in [4.78, 5) is 0. The molecule has 0 amide bonds. The van der Waals surface area contributed by atoms with Gasteiger partial charge in [-0.1, -0.05) is 74.0 Å². The van der Waals surface area contributed by atoms with Crippen molar-refractivity contribution in [3.8, 4) is 11.1 Å². The van der Waals surface area contributed by atoms with Gasteiger partial charge in [0, 0.05) is 9.89 Å². The Morgan fingerprint density at radius 2 is 1.43 bits per heavy atom. The van der Waals surface area contributed by atoms with Gasteiger partial charge in [-0.2, -0.15) is 0 Å². The molecule has 21 heavy (non-hydrogen) atoms. The molecule has 0 radical (unpaired) electrons. The van der Waals surface area contributed by atoms with Gasteiger partial charge < -0.3 is 0 Å². The summed E-state index contributed by atoms with van der Waals surface area (Å²) in [5.74, 6) is 0. The molecule has 2 aromatic carbocycles. The Bertz CT molecular complexity index is 738. The summed E-state index contributed by atoms with van der Waals surface area (Å²) in [6, 6.07) is 15.8. The van der Waals surface area contributed by atoms with Crippen molar-refractivity contribution in [2.45, 2.75) is 39.5 Å². The molecule has 0 saturated heterocycles. The lowest BCUT2D eigenvalue weighted by molar-refractivity contribution is -0.0858. The zero-order valence-corrected chi connectivity index (χ0v) is 14.7. The third kappa shape index (κ3) is 1.37. The van der Waals surface area contributed by atoms with E-state index in [1.54, 1.807) is 0 Å². The number of fused-ring (bicyclic) bond motifs is 5. The lowest BCUT2D eigenvalue weighted by Crippen LogP contribution is -2.63. The molecule has 0 aromatic heterocycles. The highest BCUT2D eigenvalue weighted by Gasteiger charge is 2.69. The van der Waals surface area contributed by atoms with Crippen molar-refractivity contribution in [2.24, 2.45) is 10.8 Å². The molecule has 0 unspecified atom stereocenters. The third-order valence-electron chi connectivity index (χ3n) is 5.92. The van der Waals surface area contributed by atoms with Gasteiger partial charge in [0.15, 0.2) is 0 Å². The number of halogens is 1. The monoisotopic (exact) mass is 340 g/mol. The van der Waals surface area contributed by atoms with Crippen LogP contribution >= 0.6 is 15.9 Å². The molecule has 2 aromatic rings. The molecular weight excluding hydrogens is 320 g/mol. The topological polar surface area (TPSA) is 0 Å². The summed E-state index contributed by atoms with van der Waals surface area (Å²) in [7, 11) is 0. The molecule has 2 aliphatic carbocycles. The first-order valence-corrected chi connectivity index (χ1v) is 8.50. The molecule has 4 rings (SSSR count). The van der Waals surface area contributed by atoms with Gasteiger partial charge in [-0.3, -0.25) is 0 Å². The quantitative estimate of drug-likeness (QED) is 0.537. The van der Waals surface area contributed by atoms with Gasteiger partial charge >= 0.3 is 0 Å². The highest BCUT2D eigenvalue weighted by Crippen LogP contribution is 2.75. The van der Waals surface area contributed by atoms with E-state index in [4.69, 9.17) is 0 Å². The zero-order chi connectivity index (χ0) is 15.0. The maximum atomic E-state index is 3.69. The molecule has 108 valence electrons. The Morgan fingerprint density at radius 1 is 0.810 bits per heavy atom. The van der Waals surface area contributed by atoms with E-state index >= 15 is 0 Å². The van der Waals surface area contributed by atoms with Crippen LogP contribution in [0.4, 0.5) is 0 Å². The lowest BCUT2D eigenvalue weighted by Gasteiger charge is -2.67. The maximum absolute atomic E-state index is 3.69. The standard InChI is InChI=1S/C20H21Br/c1-18(2)12-19(3,4)20(18)16-8-6-5-7-14(16)15-10-9-13(21)11-17(15)20/h5-11H,12H2,1-4H3. The zero-order valence-electron chi connectivity index (χ0n) is 13.1. The lowest BCUT2D eigenvalue weighted by atomic mass is 9.36. The second kappa shape index (κ2) is 3.81. The second-order valence-electron chi connectivity index (χ2n) is 7.93. The van der Waals surface area contributed by atoms with E-state index in [1.807, 2.05) is 0 Å². The predicted octanol–water partition coefficient (Wildman–Crippen LogP) is 6.17. The number of hydrogen-bond acceptors (Lipinski definition) is 0. The molecule has 1 heteroatoms. The van der Waals surface area contributed by atoms with Crippen molar-refractivity contribution in [2.75, 3.05) is 0 Å². The molecule has 1 fully saturated rings. The fraction of sp³-hybridized carbons (Fsp3) is 0.400. The smallest absolute Gasteiger partial charge is 0.0317 e. The minimum Gasteiger partial charge on any atom is -0.0619 e. The molecule has 0 heterocycles. The SMILES string of the molecule is CC1(C)CC(C)(C)C12c1ccccc1-c1ccc(Br)cc12. The number of rotatable bonds is 0. The summed E-state index contributed by atoms with van der Waals surface area (Å²) in [5, 5.41) is 0. The molecular formula is C20H21Br. The van der Waals surface area contributed by atoms with E-state index in [2.05, 4.69) is 86.1 Å². The summed E-state index contributed by atoms with van der Waals surface area (Å²) in [6.07, 6.45) is 1.26. The van der Waals surface area contributed by atoms with Crippen molar-refractivity contribution in [3.05, 3.63) is 58.1 Å². The highest BCUT2D eigenvalue weighted by atomic mass is 79.9. The van der Waals surface area contributed by atoms with Gasteiger partial charge in [0.1, 0.15) is 0 Å². The van der Waals surface area contributed by atoms with Crippen LogP contribution in [0.3, 0.4) is 0 Å². The minimum absolute atomic E-state index is 0.135. The largest absolute Gasteiger partial charge is 0.0619 e. The van der Waals surface area contributed by atoms with E-state index in [9.17, 15) is 0 Å². The van der Waals surface area contributed by atoms with E-state index in [1.165, 1.54) is 33.1 Å². The van der Waals surface area contributed by atoms with Gasteiger partial charge in [-0.05, 0) is 51.6 Å².